The van der Waals surface area contributed by atoms with Crippen LogP contribution in [0.1, 0.15) is 27.2 Å². The summed E-state index contributed by atoms with van der Waals surface area (Å²) in [5.74, 6) is -0.866. The molecule has 0 unspecified atom stereocenters. The molecule has 8 heteroatoms. The number of para-hydroxylation sites is 1. The second-order valence-corrected chi connectivity index (χ2v) is 8.59. The van der Waals surface area contributed by atoms with Gasteiger partial charge >= 0.3 is 0 Å². The Hall–Kier alpha value is -2.77. The maximum Gasteiger partial charge on any atom is 0.275 e. The second-order valence-electron chi connectivity index (χ2n) is 6.30. The first kappa shape index (κ1) is 20.0. The molecule has 0 aliphatic heterocycles. The van der Waals surface area contributed by atoms with Crippen molar-refractivity contribution in [2.24, 2.45) is 0 Å². The number of nitrogens with one attached hydrogen (secondary N) is 1. The number of anilines is 1. The summed E-state index contributed by atoms with van der Waals surface area (Å²) in [7, 11) is -3.85. The van der Waals surface area contributed by atoms with E-state index < -0.39 is 20.9 Å². The van der Waals surface area contributed by atoms with Crippen molar-refractivity contribution in [3.05, 3.63) is 82.1 Å². The molecule has 1 heterocycles. The van der Waals surface area contributed by atoms with Crippen molar-refractivity contribution in [2.45, 2.75) is 24.8 Å². The number of carbonyl (C=O) groups excluding carboxylic acids is 1. The fourth-order valence-electron chi connectivity index (χ4n) is 2.60. The molecule has 2 aromatic carbocycles. The molecule has 144 valence electrons. The predicted octanol–water partition coefficient (Wildman–Crippen LogP) is 3.97. The van der Waals surface area contributed by atoms with Crippen molar-refractivity contribution in [3.8, 4) is 0 Å². The summed E-state index contributed by atoms with van der Waals surface area (Å²) in [6.45, 7) is 3.67. The van der Waals surface area contributed by atoms with Crippen LogP contribution in [-0.2, 0) is 15.6 Å². The molecule has 0 fully saturated rings. The minimum absolute atomic E-state index is 0.0269. The van der Waals surface area contributed by atoms with Gasteiger partial charge in [0.05, 0.1) is 17.0 Å². The lowest BCUT2D eigenvalue weighted by molar-refractivity contribution is 0.102. The molecule has 3 aromatic rings. The fourth-order valence-corrected chi connectivity index (χ4v) is 4.08. The molecular weight excluding hydrogens is 398 g/mol. The third-order valence-corrected chi connectivity index (χ3v) is 5.94. The van der Waals surface area contributed by atoms with E-state index in [9.17, 15) is 13.2 Å². The summed E-state index contributed by atoms with van der Waals surface area (Å²) in [6, 6.07) is 14.4. The van der Waals surface area contributed by atoms with Gasteiger partial charge < -0.3 is 5.32 Å². The summed E-state index contributed by atoms with van der Waals surface area (Å²) in [4.78, 5) is 20.4. The van der Waals surface area contributed by atoms with Crippen LogP contribution in [0.5, 0.6) is 0 Å². The first-order chi connectivity index (χ1) is 13.3. The third kappa shape index (κ3) is 4.37. The average molecular weight is 416 g/mol. The van der Waals surface area contributed by atoms with Gasteiger partial charge in [0.25, 0.3) is 5.91 Å². The number of aromatic nitrogens is 2. The molecule has 0 bridgehead atoms. The van der Waals surface area contributed by atoms with E-state index in [1.807, 2.05) is 38.1 Å². The largest absolute Gasteiger partial charge is 0.320 e. The van der Waals surface area contributed by atoms with Crippen LogP contribution in [0.15, 0.2) is 59.9 Å². The van der Waals surface area contributed by atoms with Crippen LogP contribution < -0.4 is 5.32 Å². The average Bonchev–Trinajstić information content (AvgIpc) is 2.65. The smallest absolute Gasteiger partial charge is 0.275 e. The zero-order valence-corrected chi connectivity index (χ0v) is 16.9. The van der Waals surface area contributed by atoms with E-state index in [2.05, 4.69) is 15.3 Å². The third-order valence-electron chi connectivity index (χ3n) is 4.22. The van der Waals surface area contributed by atoms with Crippen LogP contribution in [0.4, 0.5) is 5.69 Å². The Morgan fingerprint density at radius 1 is 1.04 bits per heavy atom. The molecule has 0 saturated heterocycles. The van der Waals surface area contributed by atoms with Gasteiger partial charge in [0.1, 0.15) is 0 Å². The van der Waals surface area contributed by atoms with Gasteiger partial charge in [0, 0.05) is 5.69 Å². The quantitative estimate of drug-likeness (QED) is 0.637. The standard InChI is InChI=1S/C20H18ClN3O3S/c1-13-7-3-5-9-15(13)12-28(26,27)20-22-11-16(21)18(24-20)19(25)23-17-10-6-4-8-14(17)2/h3-11H,12H2,1-2H3,(H,23,25). The molecule has 0 aliphatic rings. The molecule has 1 N–H and O–H groups in total. The zero-order valence-electron chi connectivity index (χ0n) is 15.3. The van der Waals surface area contributed by atoms with E-state index in [-0.39, 0.29) is 16.5 Å². The molecular formula is C20H18ClN3O3S. The predicted molar refractivity (Wildman–Crippen MR) is 108 cm³/mol. The summed E-state index contributed by atoms with van der Waals surface area (Å²) < 4.78 is 25.5. The van der Waals surface area contributed by atoms with E-state index in [0.717, 1.165) is 17.3 Å². The number of carbonyl (C=O) groups is 1. The first-order valence-corrected chi connectivity index (χ1v) is 10.5. The van der Waals surface area contributed by atoms with E-state index in [1.54, 1.807) is 24.3 Å². The second kappa shape index (κ2) is 8.08. The molecule has 28 heavy (non-hydrogen) atoms. The number of sulfone groups is 1. The van der Waals surface area contributed by atoms with E-state index >= 15 is 0 Å². The summed E-state index contributed by atoms with van der Waals surface area (Å²) in [5.41, 5.74) is 2.74. The van der Waals surface area contributed by atoms with Crippen LogP contribution in [0, 0.1) is 13.8 Å². The van der Waals surface area contributed by atoms with Crippen molar-refractivity contribution < 1.29 is 13.2 Å². The van der Waals surface area contributed by atoms with Crippen LogP contribution in [0.25, 0.3) is 0 Å². The molecule has 0 saturated carbocycles. The Balaban J connectivity index is 1.91. The summed E-state index contributed by atoms with van der Waals surface area (Å²) in [6.07, 6.45) is 1.13. The van der Waals surface area contributed by atoms with Gasteiger partial charge in [-0.1, -0.05) is 54.1 Å². The number of hydrogen-bond acceptors (Lipinski definition) is 5. The Labute approximate surface area is 168 Å². The lowest BCUT2D eigenvalue weighted by atomic mass is 10.1. The lowest BCUT2D eigenvalue weighted by Gasteiger charge is -2.10. The highest BCUT2D eigenvalue weighted by Crippen LogP contribution is 2.21. The Kier molecular flexibility index (Phi) is 5.76. The molecule has 0 radical (unpaired) electrons. The number of nitrogens with zero attached hydrogens (tertiary/aromatic N) is 2. The number of rotatable bonds is 5. The molecule has 0 spiro atoms. The van der Waals surface area contributed by atoms with Gasteiger partial charge in [-0.25, -0.2) is 18.4 Å². The van der Waals surface area contributed by atoms with Crippen LogP contribution >= 0.6 is 11.6 Å². The first-order valence-electron chi connectivity index (χ1n) is 8.45. The molecule has 0 aliphatic carbocycles. The maximum atomic E-state index is 12.8. The van der Waals surface area contributed by atoms with Gasteiger partial charge in [0.2, 0.25) is 15.0 Å². The lowest BCUT2D eigenvalue weighted by Crippen LogP contribution is -2.18. The Bertz CT molecular complexity index is 1150. The van der Waals surface area contributed by atoms with Gasteiger partial charge in [-0.3, -0.25) is 4.79 Å². The highest BCUT2D eigenvalue weighted by molar-refractivity contribution is 7.90. The van der Waals surface area contributed by atoms with E-state index in [1.165, 1.54) is 0 Å². The number of amides is 1. The van der Waals surface area contributed by atoms with Crippen molar-refractivity contribution in [3.63, 3.8) is 0 Å². The normalized spacial score (nSPS) is 11.2. The van der Waals surface area contributed by atoms with E-state index in [0.29, 0.717) is 11.3 Å². The van der Waals surface area contributed by atoms with Crippen molar-refractivity contribution in [2.75, 3.05) is 5.32 Å². The number of halogens is 1. The van der Waals surface area contributed by atoms with Crippen molar-refractivity contribution >= 4 is 33.0 Å². The number of benzene rings is 2. The minimum Gasteiger partial charge on any atom is -0.320 e. The van der Waals surface area contributed by atoms with E-state index in [4.69, 9.17) is 11.6 Å². The van der Waals surface area contributed by atoms with Crippen LogP contribution in [-0.4, -0.2) is 24.3 Å². The number of aryl methyl sites for hydroxylation is 2. The molecule has 3 rings (SSSR count). The summed E-state index contributed by atoms with van der Waals surface area (Å²) >= 11 is 6.05. The minimum atomic E-state index is -3.85. The Morgan fingerprint density at radius 3 is 2.36 bits per heavy atom. The highest BCUT2D eigenvalue weighted by Gasteiger charge is 2.23. The fraction of sp³-hybridized carbons (Fsp3) is 0.150. The van der Waals surface area contributed by atoms with Gasteiger partial charge in [-0.15, -0.1) is 0 Å². The highest BCUT2D eigenvalue weighted by atomic mass is 35.5. The van der Waals surface area contributed by atoms with Gasteiger partial charge in [-0.2, -0.15) is 0 Å². The molecule has 0 atom stereocenters. The molecule has 1 aromatic heterocycles. The number of hydrogen-bond donors (Lipinski definition) is 1. The van der Waals surface area contributed by atoms with Crippen molar-refractivity contribution in [1.82, 2.24) is 9.97 Å². The van der Waals surface area contributed by atoms with Gasteiger partial charge in [-0.05, 0) is 36.6 Å². The van der Waals surface area contributed by atoms with Gasteiger partial charge in [0.15, 0.2) is 5.69 Å². The zero-order chi connectivity index (χ0) is 20.3. The topological polar surface area (TPSA) is 89.0 Å². The Morgan fingerprint density at radius 2 is 1.68 bits per heavy atom. The molecule has 6 nitrogen and oxygen atoms in total. The van der Waals surface area contributed by atoms with Crippen molar-refractivity contribution in [1.29, 1.82) is 0 Å². The maximum absolute atomic E-state index is 12.8. The monoisotopic (exact) mass is 415 g/mol. The molecule has 1 amide bonds. The summed E-state index contributed by atoms with van der Waals surface area (Å²) in [5, 5.41) is 2.23. The van der Waals surface area contributed by atoms with Crippen LogP contribution in [0.2, 0.25) is 5.02 Å². The SMILES string of the molecule is Cc1ccccc1CS(=O)(=O)c1ncc(Cl)c(C(=O)Nc2ccccc2C)n1. The van der Waals surface area contributed by atoms with Crippen LogP contribution in [0.3, 0.4) is 0 Å².